The summed E-state index contributed by atoms with van der Waals surface area (Å²) in [5.41, 5.74) is 16.1. The van der Waals surface area contributed by atoms with Crippen LogP contribution in [0.15, 0.2) is 156 Å². The third-order valence-corrected chi connectivity index (χ3v) is 13.9. The first kappa shape index (κ1) is 27.7. The zero-order valence-electron chi connectivity index (χ0n) is 27.7. The molecule has 13 rings (SSSR count). The third kappa shape index (κ3) is 3.44. The smallest absolute Gasteiger partial charge is 0.244 e. The van der Waals surface area contributed by atoms with E-state index in [1.807, 2.05) is 22.7 Å². The van der Waals surface area contributed by atoms with Gasteiger partial charge in [0.25, 0.3) is 0 Å². The Morgan fingerprint density at radius 3 is 1.58 bits per heavy atom. The highest BCUT2D eigenvalue weighted by atomic mass is 32.1. The van der Waals surface area contributed by atoms with Gasteiger partial charge in [0.05, 0.1) is 0 Å². The van der Waals surface area contributed by atoms with Crippen LogP contribution in [0.4, 0.5) is 0 Å². The molecule has 0 atom stereocenters. The van der Waals surface area contributed by atoms with Crippen molar-refractivity contribution >= 4 is 108 Å². The van der Waals surface area contributed by atoms with E-state index in [0.717, 1.165) is 27.7 Å². The SMILES string of the molecule is c1ccc(-c2cccc3c2oc2cccc(-c4cc5c6c(c4)-c4cccc7sc8cccc(c8c47)B6c4cccc6sc7cccc-5c7c46)c23)cc1. The standard InChI is InChI=1S/C48H25BOS2/c1-2-10-26(11-3-1)29-13-4-16-32-42-28(12-5-19-37(42)50-48(29)32)27-24-33-30-14-6-20-38-43(30)45-35(17-8-22-40(45)51-38)49-36-18-9-23-41-46(36)44-31(34(25-27)47(33)49)15-7-21-39(44)52-41/h1-25H. The molecule has 11 aromatic rings. The van der Waals surface area contributed by atoms with Crippen LogP contribution in [0.1, 0.15) is 0 Å². The van der Waals surface area contributed by atoms with E-state index in [0.29, 0.717) is 0 Å². The van der Waals surface area contributed by atoms with Gasteiger partial charge in [-0.1, -0.05) is 126 Å². The highest BCUT2D eigenvalue weighted by Gasteiger charge is 2.38. The van der Waals surface area contributed by atoms with Gasteiger partial charge in [0.1, 0.15) is 11.2 Å². The van der Waals surface area contributed by atoms with Crippen molar-refractivity contribution in [2.45, 2.75) is 0 Å². The number of thiophene rings is 2. The molecule has 2 aliphatic heterocycles. The van der Waals surface area contributed by atoms with Crippen molar-refractivity contribution in [3.8, 4) is 44.5 Å². The Labute approximate surface area is 307 Å². The zero-order chi connectivity index (χ0) is 33.7. The molecular formula is C48H25BOS2. The predicted octanol–water partition coefficient (Wildman–Crippen LogP) is 12.1. The number of fused-ring (bicyclic) bond motifs is 7. The molecule has 52 heavy (non-hydrogen) atoms. The third-order valence-electron chi connectivity index (χ3n) is 11.7. The molecule has 0 fully saturated rings. The van der Waals surface area contributed by atoms with Crippen LogP contribution in [0.2, 0.25) is 0 Å². The number of hydrogen-bond donors (Lipinski definition) is 0. The Kier molecular flexibility index (Phi) is 5.28. The maximum Gasteiger partial charge on any atom is 0.244 e. The number of para-hydroxylation sites is 1. The molecule has 3 aromatic heterocycles. The van der Waals surface area contributed by atoms with Crippen LogP contribution < -0.4 is 16.4 Å². The normalized spacial score (nSPS) is 13.0. The van der Waals surface area contributed by atoms with E-state index in [1.54, 1.807) is 0 Å². The van der Waals surface area contributed by atoms with Gasteiger partial charge in [-0.25, -0.2) is 0 Å². The van der Waals surface area contributed by atoms with E-state index in [9.17, 15) is 0 Å². The van der Waals surface area contributed by atoms with Gasteiger partial charge in [-0.3, -0.25) is 0 Å². The summed E-state index contributed by atoms with van der Waals surface area (Å²) in [6, 6.07) is 56.6. The van der Waals surface area contributed by atoms with Crippen molar-refractivity contribution in [1.82, 2.24) is 0 Å². The van der Waals surface area contributed by atoms with E-state index in [1.165, 1.54) is 95.5 Å². The maximum absolute atomic E-state index is 6.77. The van der Waals surface area contributed by atoms with Crippen LogP contribution in [-0.2, 0) is 0 Å². The minimum Gasteiger partial charge on any atom is -0.455 e. The van der Waals surface area contributed by atoms with Gasteiger partial charge in [-0.2, -0.15) is 0 Å². The molecule has 0 aliphatic carbocycles. The monoisotopic (exact) mass is 692 g/mol. The second-order valence-electron chi connectivity index (χ2n) is 14.2. The number of furan rings is 1. The van der Waals surface area contributed by atoms with E-state index >= 15 is 0 Å². The average molecular weight is 693 g/mol. The van der Waals surface area contributed by atoms with Crippen molar-refractivity contribution in [2.24, 2.45) is 0 Å². The van der Waals surface area contributed by atoms with Gasteiger partial charge < -0.3 is 4.42 Å². The molecule has 238 valence electrons. The zero-order valence-corrected chi connectivity index (χ0v) is 29.4. The molecule has 4 heteroatoms. The Morgan fingerprint density at radius 2 is 0.923 bits per heavy atom. The molecule has 8 aromatic carbocycles. The first-order valence-corrected chi connectivity index (χ1v) is 19.5. The lowest BCUT2D eigenvalue weighted by Gasteiger charge is -2.22. The predicted molar refractivity (Wildman–Crippen MR) is 226 cm³/mol. The molecular weight excluding hydrogens is 667 g/mol. The average Bonchev–Trinajstić information content (AvgIpc) is 3.85. The lowest BCUT2D eigenvalue weighted by atomic mass is 9.35. The van der Waals surface area contributed by atoms with E-state index in [4.69, 9.17) is 4.42 Å². The molecule has 0 radical (unpaired) electrons. The summed E-state index contributed by atoms with van der Waals surface area (Å²) in [6.45, 7) is 0.0980. The van der Waals surface area contributed by atoms with Gasteiger partial charge in [0, 0.05) is 45.9 Å². The minimum atomic E-state index is 0.0980. The Morgan fingerprint density at radius 1 is 0.385 bits per heavy atom. The Balaban J connectivity index is 1.21. The Bertz CT molecular complexity index is 3220. The van der Waals surface area contributed by atoms with Gasteiger partial charge in [0.2, 0.25) is 6.71 Å². The van der Waals surface area contributed by atoms with Crippen LogP contribution in [0.25, 0.3) is 107 Å². The molecule has 1 nitrogen and oxygen atoms in total. The van der Waals surface area contributed by atoms with Crippen molar-refractivity contribution in [2.75, 3.05) is 0 Å². The van der Waals surface area contributed by atoms with Crippen LogP contribution in [0, 0.1) is 0 Å². The van der Waals surface area contributed by atoms with Gasteiger partial charge >= 0.3 is 0 Å². The molecule has 0 spiro atoms. The van der Waals surface area contributed by atoms with Gasteiger partial charge in [0.15, 0.2) is 0 Å². The topological polar surface area (TPSA) is 13.1 Å². The summed E-state index contributed by atoms with van der Waals surface area (Å²) >= 11 is 3.85. The van der Waals surface area contributed by atoms with Crippen LogP contribution >= 0.6 is 22.7 Å². The lowest BCUT2D eigenvalue weighted by Crippen LogP contribution is -2.52. The van der Waals surface area contributed by atoms with Crippen molar-refractivity contribution in [1.29, 1.82) is 0 Å². The molecule has 0 bridgehead atoms. The van der Waals surface area contributed by atoms with Gasteiger partial charge in [-0.05, 0) is 92.2 Å². The van der Waals surface area contributed by atoms with Crippen molar-refractivity contribution < 1.29 is 4.42 Å². The van der Waals surface area contributed by atoms with E-state index < -0.39 is 0 Å². The molecule has 0 amide bonds. The molecule has 0 unspecified atom stereocenters. The molecule has 5 heterocycles. The quantitative estimate of drug-likeness (QED) is 0.164. The van der Waals surface area contributed by atoms with Crippen molar-refractivity contribution in [3.63, 3.8) is 0 Å². The molecule has 0 N–H and O–H groups in total. The number of rotatable bonds is 2. The minimum absolute atomic E-state index is 0.0980. The second kappa shape index (κ2) is 9.89. The first-order chi connectivity index (χ1) is 25.8. The number of benzene rings is 8. The highest BCUT2D eigenvalue weighted by Crippen LogP contribution is 2.48. The fourth-order valence-electron chi connectivity index (χ4n) is 9.69. The summed E-state index contributed by atoms with van der Waals surface area (Å²) in [5, 5.41) is 7.92. The largest absolute Gasteiger partial charge is 0.455 e. The lowest BCUT2D eigenvalue weighted by molar-refractivity contribution is 0.670. The van der Waals surface area contributed by atoms with E-state index in [-0.39, 0.29) is 6.71 Å². The number of hydrogen-bond acceptors (Lipinski definition) is 3. The van der Waals surface area contributed by atoms with Crippen LogP contribution in [0.5, 0.6) is 0 Å². The summed E-state index contributed by atoms with van der Waals surface area (Å²) in [5.74, 6) is 0. The maximum atomic E-state index is 6.77. The van der Waals surface area contributed by atoms with Crippen LogP contribution in [-0.4, -0.2) is 6.71 Å². The summed E-state index contributed by atoms with van der Waals surface area (Å²) in [7, 11) is 0. The molecule has 0 saturated carbocycles. The van der Waals surface area contributed by atoms with E-state index in [2.05, 4.69) is 152 Å². The van der Waals surface area contributed by atoms with Crippen LogP contribution in [0.3, 0.4) is 0 Å². The summed E-state index contributed by atoms with van der Waals surface area (Å²) < 4.78 is 12.2. The summed E-state index contributed by atoms with van der Waals surface area (Å²) in [4.78, 5) is 0. The first-order valence-electron chi connectivity index (χ1n) is 17.9. The summed E-state index contributed by atoms with van der Waals surface area (Å²) in [6.07, 6.45) is 0. The molecule has 0 saturated heterocycles. The fraction of sp³-hybridized carbons (Fsp3) is 0. The fourth-order valence-corrected chi connectivity index (χ4v) is 12.0. The highest BCUT2D eigenvalue weighted by molar-refractivity contribution is 7.27. The second-order valence-corrected chi connectivity index (χ2v) is 16.4. The van der Waals surface area contributed by atoms with Crippen molar-refractivity contribution in [3.05, 3.63) is 152 Å². The molecule has 2 aliphatic rings. The van der Waals surface area contributed by atoms with Gasteiger partial charge in [-0.15, -0.1) is 22.7 Å². The Hall–Kier alpha value is -5.94.